The Bertz CT molecular complexity index is 767. The Labute approximate surface area is 191 Å². The highest BCUT2D eigenvalue weighted by molar-refractivity contribution is 5.76. The van der Waals surface area contributed by atoms with Gasteiger partial charge < -0.3 is 19.1 Å². The Balaban J connectivity index is 1.80. The molecule has 8 nitrogen and oxygen atoms in total. The molecule has 1 amide bonds. The first-order chi connectivity index (χ1) is 15.2. The number of carbonyl (C=O) groups is 2. The van der Waals surface area contributed by atoms with Crippen LogP contribution < -0.4 is 0 Å². The van der Waals surface area contributed by atoms with Crippen molar-refractivity contribution in [2.75, 3.05) is 46.5 Å². The zero-order chi connectivity index (χ0) is 23.3. The largest absolute Gasteiger partial charge is 0.468 e. The lowest BCUT2D eigenvalue weighted by molar-refractivity contribution is -0.154. The lowest BCUT2D eigenvalue weighted by atomic mass is 10.0. The van der Waals surface area contributed by atoms with Gasteiger partial charge in [-0.1, -0.05) is 30.3 Å². The zero-order valence-corrected chi connectivity index (χ0v) is 20.0. The molecule has 2 aliphatic heterocycles. The second-order valence-electron chi connectivity index (χ2n) is 9.66. The molecular weight excluding hydrogens is 410 g/mol. The fourth-order valence-electron chi connectivity index (χ4n) is 4.35. The Kier molecular flexibility index (Phi) is 8.14. The van der Waals surface area contributed by atoms with E-state index in [-0.39, 0.29) is 24.1 Å². The SMILES string of the molecule is COC(=O)[C@@H]1COCCN1C[C@H]1CN(C(=O)OC(C)(C)C)[C@H](C)CN1Cc1ccccc1. The van der Waals surface area contributed by atoms with Crippen LogP contribution in [0.2, 0.25) is 0 Å². The number of methoxy groups -OCH3 is 1. The van der Waals surface area contributed by atoms with E-state index in [1.807, 2.05) is 43.9 Å². The first-order valence-electron chi connectivity index (χ1n) is 11.3. The van der Waals surface area contributed by atoms with E-state index in [2.05, 4.69) is 28.9 Å². The average molecular weight is 448 g/mol. The molecule has 1 aromatic rings. The van der Waals surface area contributed by atoms with Crippen molar-refractivity contribution in [2.24, 2.45) is 0 Å². The molecular formula is C24H37N3O5. The van der Waals surface area contributed by atoms with Crippen LogP contribution in [0.25, 0.3) is 0 Å². The number of benzene rings is 1. The number of hydrogen-bond donors (Lipinski definition) is 0. The van der Waals surface area contributed by atoms with E-state index >= 15 is 0 Å². The summed E-state index contributed by atoms with van der Waals surface area (Å²) in [6, 6.07) is 9.97. The summed E-state index contributed by atoms with van der Waals surface area (Å²) >= 11 is 0. The molecule has 0 saturated carbocycles. The number of morpholine rings is 1. The van der Waals surface area contributed by atoms with Crippen molar-refractivity contribution in [3.63, 3.8) is 0 Å². The number of nitrogens with zero attached hydrogens (tertiary/aromatic N) is 3. The molecule has 0 aliphatic carbocycles. The van der Waals surface area contributed by atoms with Crippen molar-refractivity contribution in [3.8, 4) is 0 Å². The molecule has 2 heterocycles. The zero-order valence-electron chi connectivity index (χ0n) is 20.0. The molecule has 2 fully saturated rings. The van der Waals surface area contributed by atoms with Crippen molar-refractivity contribution >= 4 is 12.1 Å². The molecule has 1 aromatic carbocycles. The lowest BCUT2D eigenvalue weighted by Gasteiger charge is -2.47. The monoisotopic (exact) mass is 447 g/mol. The van der Waals surface area contributed by atoms with Crippen LogP contribution in [0, 0.1) is 0 Å². The predicted molar refractivity (Wildman–Crippen MR) is 121 cm³/mol. The summed E-state index contributed by atoms with van der Waals surface area (Å²) < 4.78 is 16.2. The van der Waals surface area contributed by atoms with Crippen LogP contribution in [0.5, 0.6) is 0 Å². The minimum Gasteiger partial charge on any atom is -0.468 e. The minimum absolute atomic E-state index is 0.0194. The number of carbonyl (C=O) groups excluding carboxylic acids is 2. The van der Waals surface area contributed by atoms with E-state index in [9.17, 15) is 9.59 Å². The van der Waals surface area contributed by atoms with E-state index in [1.165, 1.54) is 12.7 Å². The topological polar surface area (TPSA) is 71.5 Å². The maximum Gasteiger partial charge on any atom is 0.410 e. The smallest absolute Gasteiger partial charge is 0.410 e. The fraction of sp³-hybridized carbons (Fsp3) is 0.667. The maximum atomic E-state index is 12.9. The number of rotatable bonds is 5. The molecule has 32 heavy (non-hydrogen) atoms. The van der Waals surface area contributed by atoms with Crippen molar-refractivity contribution < 1.29 is 23.8 Å². The third kappa shape index (κ3) is 6.43. The third-order valence-corrected chi connectivity index (χ3v) is 5.97. The molecule has 0 spiro atoms. The van der Waals surface area contributed by atoms with Gasteiger partial charge in [0.05, 0.1) is 20.3 Å². The van der Waals surface area contributed by atoms with E-state index in [4.69, 9.17) is 14.2 Å². The molecule has 0 unspecified atom stereocenters. The van der Waals surface area contributed by atoms with Crippen molar-refractivity contribution in [1.29, 1.82) is 0 Å². The number of hydrogen-bond acceptors (Lipinski definition) is 7. The van der Waals surface area contributed by atoms with Gasteiger partial charge in [0.15, 0.2) is 0 Å². The molecule has 8 heteroatoms. The Morgan fingerprint density at radius 2 is 1.84 bits per heavy atom. The molecule has 3 rings (SSSR count). The summed E-state index contributed by atoms with van der Waals surface area (Å²) in [5.74, 6) is -0.285. The van der Waals surface area contributed by atoms with Gasteiger partial charge in [0.1, 0.15) is 11.6 Å². The van der Waals surface area contributed by atoms with Crippen LogP contribution in [-0.2, 0) is 25.5 Å². The second-order valence-corrected chi connectivity index (χ2v) is 9.66. The van der Waals surface area contributed by atoms with E-state index in [0.29, 0.717) is 32.8 Å². The molecule has 0 aromatic heterocycles. The van der Waals surface area contributed by atoms with Gasteiger partial charge in [0.2, 0.25) is 0 Å². The first kappa shape index (κ1) is 24.5. The van der Waals surface area contributed by atoms with Gasteiger partial charge >= 0.3 is 12.1 Å². The van der Waals surface area contributed by atoms with Gasteiger partial charge in [-0.3, -0.25) is 14.6 Å². The number of esters is 1. The number of piperazine rings is 1. The number of amides is 1. The van der Waals surface area contributed by atoms with Crippen molar-refractivity contribution in [1.82, 2.24) is 14.7 Å². The summed E-state index contributed by atoms with van der Waals surface area (Å²) in [7, 11) is 1.41. The van der Waals surface area contributed by atoms with E-state index < -0.39 is 11.6 Å². The molecule has 178 valence electrons. The average Bonchev–Trinajstić information content (AvgIpc) is 2.74. The normalized spacial score (nSPS) is 25.4. The van der Waals surface area contributed by atoms with E-state index in [1.54, 1.807) is 0 Å². The van der Waals surface area contributed by atoms with Crippen LogP contribution in [0.3, 0.4) is 0 Å². The summed E-state index contributed by atoms with van der Waals surface area (Å²) in [4.78, 5) is 31.6. The van der Waals surface area contributed by atoms with Gasteiger partial charge in [-0.2, -0.15) is 0 Å². The van der Waals surface area contributed by atoms with Crippen LogP contribution in [0.15, 0.2) is 30.3 Å². The molecule has 2 saturated heterocycles. The standard InChI is InChI=1S/C24H37N3O5/c1-18-13-26(14-19-9-7-6-8-10-19)20(16-27(18)23(29)32-24(2,3)4)15-25-11-12-31-17-21(25)22(28)30-5/h6-10,18,20-21H,11-17H2,1-5H3/t18-,20+,21+/m1/s1. The fourth-order valence-corrected chi connectivity index (χ4v) is 4.35. The Hall–Kier alpha value is -2.16. The quantitative estimate of drug-likeness (QED) is 0.642. The summed E-state index contributed by atoms with van der Waals surface area (Å²) in [6.45, 7) is 11.9. The summed E-state index contributed by atoms with van der Waals surface area (Å²) in [5.41, 5.74) is 0.676. The number of ether oxygens (including phenoxy) is 3. The van der Waals surface area contributed by atoms with Crippen molar-refractivity contribution in [3.05, 3.63) is 35.9 Å². The highest BCUT2D eigenvalue weighted by Gasteiger charge is 2.39. The molecule has 3 atom stereocenters. The lowest BCUT2D eigenvalue weighted by Crippen LogP contribution is -2.63. The van der Waals surface area contributed by atoms with Crippen LogP contribution in [0.4, 0.5) is 4.79 Å². The third-order valence-electron chi connectivity index (χ3n) is 5.97. The molecule has 0 bridgehead atoms. The second kappa shape index (κ2) is 10.6. The molecule has 0 radical (unpaired) electrons. The van der Waals surface area contributed by atoms with Crippen LogP contribution >= 0.6 is 0 Å². The predicted octanol–water partition coefficient (Wildman–Crippen LogP) is 2.37. The first-order valence-corrected chi connectivity index (χ1v) is 11.3. The Morgan fingerprint density at radius 1 is 1.12 bits per heavy atom. The summed E-state index contributed by atoms with van der Waals surface area (Å²) in [5, 5.41) is 0. The van der Waals surface area contributed by atoms with Gasteiger partial charge in [0.25, 0.3) is 0 Å². The highest BCUT2D eigenvalue weighted by Crippen LogP contribution is 2.23. The van der Waals surface area contributed by atoms with Crippen LogP contribution in [0.1, 0.15) is 33.3 Å². The minimum atomic E-state index is -0.548. The molecule has 0 N–H and O–H groups in total. The Morgan fingerprint density at radius 3 is 2.50 bits per heavy atom. The van der Waals surface area contributed by atoms with Gasteiger partial charge in [-0.15, -0.1) is 0 Å². The van der Waals surface area contributed by atoms with Gasteiger partial charge in [-0.25, -0.2) is 4.79 Å². The maximum absolute atomic E-state index is 12.9. The van der Waals surface area contributed by atoms with Crippen LogP contribution in [-0.4, -0.2) is 97.0 Å². The molecule has 2 aliphatic rings. The van der Waals surface area contributed by atoms with E-state index in [0.717, 1.165) is 13.1 Å². The highest BCUT2D eigenvalue weighted by atomic mass is 16.6. The summed E-state index contributed by atoms with van der Waals surface area (Å²) in [6.07, 6.45) is -0.291. The van der Waals surface area contributed by atoms with Gasteiger partial charge in [-0.05, 0) is 33.3 Å². The van der Waals surface area contributed by atoms with Crippen molar-refractivity contribution in [2.45, 2.75) is 58.0 Å². The van der Waals surface area contributed by atoms with Gasteiger partial charge in [0, 0.05) is 44.8 Å².